The molecule has 0 fully saturated rings. The molecule has 3 N–H and O–H groups in total. The molecule has 7 heteroatoms. The largest absolute Gasteiger partial charge is 0.378 e. The van der Waals surface area contributed by atoms with Gasteiger partial charge in [-0.1, -0.05) is 17.3 Å². The molecule has 0 bridgehead atoms. The van der Waals surface area contributed by atoms with Crippen LogP contribution in [-0.2, 0) is 13.1 Å². The van der Waals surface area contributed by atoms with E-state index in [1.807, 2.05) is 43.3 Å². The second-order valence-corrected chi connectivity index (χ2v) is 4.90. The van der Waals surface area contributed by atoms with Crippen LogP contribution >= 0.6 is 0 Å². The van der Waals surface area contributed by atoms with Gasteiger partial charge in [-0.2, -0.15) is 0 Å². The van der Waals surface area contributed by atoms with E-state index >= 15 is 0 Å². The molecule has 2 rings (SSSR count). The first-order chi connectivity index (χ1) is 10.1. The summed E-state index contributed by atoms with van der Waals surface area (Å²) in [6.45, 7) is 1.46. The maximum atomic E-state index is 11.9. The van der Waals surface area contributed by atoms with Gasteiger partial charge in [0.1, 0.15) is 0 Å². The van der Waals surface area contributed by atoms with Crippen molar-refractivity contribution in [2.75, 3.05) is 25.5 Å². The van der Waals surface area contributed by atoms with Crippen LogP contribution in [0, 0.1) is 0 Å². The van der Waals surface area contributed by atoms with Gasteiger partial charge in [-0.25, -0.2) is 0 Å². The molecule has 0 aliphatic heterocycles. The molecule has 112 valence electrons. The Balaban J connectivity index is 1.90. The lowest BCUT2D eigenvalue weighted by atomic mass is 10.2. The summed E-state index contributed by atoms with van der Waals surface area (Å²) in [5, 5.41) is 10.5. The molecule has 0 spiro atoms. The summed E-state index contributed by atoms with van der Waals surface area (Å²) in [5.41, 5.74) is 7.87. The van der Waals surface area contributed by atoms with Gasteiger partial charge < -0.3 is 16.0 Å². The van der Waals surface area contributed by atoms with E-state index in [0.29, 0.717) is 25.3 Å². The zero-order chi connectivity index (χ0) is 15.2. The Morgan fingerprint density at radius 1 is 1.33 bits per heavy atom. The van der Waals surface area contributed by atoms with E-state index in [1.54, 1.807) is 10.9 Å². The molecule has 0 aliphatic rings. The predicted molar refractivity (Wildman–Crippen MR) is 81.0 cm³/mol. The highest BCUT2D eigenvalue weighted by Crippen LogP contribution is 2.12. The average molecular weight is 288 g/mol. The molecule has 1 amide bonds. The number of rotatable bonds is 6. The number of aromatic nitrogens is 3. The number of carbonyl (C=O) groups excluding carboxylic acids is 1. The predicted octanol–water partition coefficient (Wildman–Crippen LogP) is 0.233. The SMILES string of the molecule is CN(C)c1ccc(CNC(=O)c2cn(CCN)nn2)cc1. The summed E-state index contributed by atoms with van der Waals surface area (Å²) in [6.07, 6.45) is 1.59. The monoisotopic (exact) mass is 288 g/mol. The number of benzene rings is 1. The van der Waals surface area contributed by atoms with Crippen molar-refractivity contribution in [3.8, 4) is 0 Å². The lowest BCUT2D eigenvalue weighted by molar-refractivity contribution is 0.0946. The van der Waals surface area contributed by atoms with Crippen LogP contribution in [0.4, 0.5) is 5.69 Å². The maximum Gasteiger partial charge on any atom is 0.273 e. The molecule has 0 saturated heterocycles. The molecule has 7 nitrogen and oxygen atoms in total. The average Bonchev–Trinajstić information content (AvgIpc) is 2.94. The number of nitrogens with zero attached hydrogens (tertiary/aromatic N) is 4. The Kier molecular flexibility index (Phi) is 4.89. The molecular formula is C14H20N6O. The first kappa shape index (κ1) is 15.0. The zero-order valence-electron chi connectivity index (χ0n) is 12.3. The van der Waals surface area contributed by atoms with Crippen molar-refractivity contribution in [2.24, 2.45) is 5.73 Å². The standard InChI is InChI=1S/C14H20N6O/c1-19(2)12-5-3-11(4-6-12)9-16-14(21)13-10-20(8-7-15)18-17-13/h3-6,10H,7-9,15H2,1-2H3,(H,16,21). The van der Waals surface area contributed by atoms with Gasteiger partial charge >= 0.3 is 0 Å². The van der Waals surface area contributed by atoms with Crippen LogP contribution < -0.4 is 16.0 Å². The smallest absolute Gasteiger partial charge is 0.273 e. The third kappa shape index (κ3) is 4.03. The molecule has 0 saturated carbocycles. The summed E-state index contributed by atoms with van der Waals surface area (Å²) in [5.74, 6) is -0.241. The van der Waals surface area contributed by atoms with Gasteiger partial charge in [0.15, 0.2) is 5.69 Å². The van der Waals surface area contributed by atoms with Crippen LogP contribution in [0.3, 0.4) is 0 Å². The zero-order valence-corrected chi connectivity index (χ0v) is 12.3. The lowest BCUT2D eigenvalue weighted by Gasteiger charge is -2.12. The Hall–Kier alpha value is -2.41. The maximum absolute atomic E-state index is 11.9. The number of hydrogen-bond acceptors (Lipinski definition) is 5. The molecule has 1 aromatic heterocycles. The van der Waals surface area contributed by atoms with Crippen molar-refractivity contribution >= 4 is 11.6 Å². The quantitative estimate of drug-likeness (QED) is 0.794. The second kappa shape index (κ2) is 6.85. The molecular weight excluding hydrogens is 268 g/mol. The van der Waals surface area contributed by atoms with Crippen LogP contribution in [0.2, 0.25) is 0 Å². The summed E-state index contributed by atoms with van der Waals surface area (Å²) < 4.78 is 1.56. The van der Waals surface area contributed by atoms with Gasteiger partial charge in [-0.15, -0.1) is 5.10 Å². The lowest BCUT2D eigenvalue weighted by Crippen LogP contribution is -2.23. The number of hydrogen-bond donors (Lipinski definition) is 2. The summed E-state index contributed by atoms with van der Waals surface area (Å²) in [4.78, 5) is 14.0. The van der Waals surface area contributed by atoms with Crippen molar-refractivity contribution in [2.45, 2.75) is 13.1 Å². The van der Waals surface area contributed by atoms with Gasteiger partial charge in [0, 0.05) is 32.9 Å². The van der Waals surface area contributed by atoms with E-state index < -0.39 is 0 Å². The summed E-state index contributed by atoms with van der Waals surface area (Å²) in [6, 6.07) is 8.00. The third-order valence-electron chi connectivity index (χ3n) is 3.04. The highest BCUT2D eigenvalue weighted by atomic mass is 16.2. The van der Waals surface area contributed by atoms with Crippen LogP contribution in [0.1, 0.15) is 16.1 Å². The molecule has 1 heterocycles. The normalized spacial score (nSPS) is 10.4. The van der Waals surface area contributed by atoms with Crippen molar-refractivity contribution in [3.05, 3.63) is 41.7 Å². The number of carbonyl (C=O) groups is 1. The third-order valence-corrected chi connectivity index (χ3v) is 3.04. The number of nitrogens with two attached hydrogens (primary N) is 1. The Morgan fingerprint density at radius 3 is 2.67 bits per heavy atom. The van der Waals surface area contributed by atoms with E-state index in [4.69, 9.17) is 5.73 Å². The minimum absolute atomic E-state index is 0.241. The second-order valence-electron chi connectivity index (χ2n) is 4.90. The summed E-state index contributed by atoms with van der Waals surface area (Å²) in [7, 11) is 3.98. The van der Waals surface area contributed by atoms with Gasteiger partial charge in [0.05, 0.1) is 12.7 Å². The van der Waals surface area contributed by atoms with E-state index in [0.717, 1.165) is 11.3 Å². The number of amides is 1. The number of nitrogens with one attached hydrogen (secondary N) is 1. The van der Waals surface area contributed by atoms with Crippen molar-refractivity contribution < 1.29 is 4.79 Å². The Labute approximate surface area is 123 Å². The molecule has 0 radical (unpaired) electrons. The summed E-state index contributed by atoms with van der Waals surface area (Å²) >= 11 is 0. The van der Waals surface area contributed by atoms with E-state index in [1.165, 1.54) is 0 Å². The van der Waals surface area contributed by atoms with Crippen LogP contribution in [0.25, 0.3) is 0 Å². The molecule has 1 aromatic carbocycles. The fraction of sp³-hybridized carbons (Fsp3) is 0.357. The van der Waals surface area contributed by atoms with Crippen LogP contribution in [0.15, 0.2) is 30.5 Å². The highest BCUT2D eigenvalue weighted by molar-refractivity contribution is 5.91. The highest BCUT2D eigenvalue weighted by Gasteiger charge is 2.10. The first-order valence-corrected chi connectivity index (χ1v) is 6.75. The molecule has 21 heavy (non-hydrogen) atoms. The molecule has 0 aliphatic carbocycles. The van der Waals surface area contributed by atoms with Crippen molar-refractivity contribution in [1.82, 2.24) is 20.3 Å². The molecule has 0 atom stereocenters. The van der Waals surface area contributed by atoms with E-state index in [-0.39, 0.29) is 5.91 Å². The Bertz CT molecular complexity index is 590. The van der Waals surface area contributed by atoms with Gasteiger partial charge in [0.25, 0.3) is 5.91 Å². The Morgan fingerprint density at radius 2 is 2.05 bits per heavy atom. The van der Waals surface area contributed by atoms with E-state index in [2.05, 4.69) is 15.6 Å². The first-order valence-electron chi connectivity index (χ1n) is 6.75. The fourth-order valence-electron chi connectivity index (χ4n) is 1.83. The van der Waals surface area contributed by atoms with Crippen molar-refractivity contribution in [1.29, 1.82) is 0 Å². The van der Waals surface area contributed by atoms with Crippen LogP contribution in [-0.4, -0.2) is 41.5 Å². The van der Waals surface area contributed by atoms with Gasteiger partial charge in [-0.3, -0.25) is 9.48 Å². The molecule has 0 unspecified atom stereocenters. The number of anilines is 1. The van der Waals surface area contributed by atoms with Gasteiger partial charge in [-0.05, 0) is 17.7 Å². The fourth-order valence-corrected chi connectivity index (χ4v) is 1.83. The minimum atomic E-state index is -0.241. The topological polar surface area (TPSA) is 89.1 Å². The molecule has 2 aromatic rings. The minimum Gasteiger partial charge on any atom is -0.378 e. The van der Waals surface area contributed by atoms with E-state index in [9.17, 15) is 4.79 Å². The van der Waals surface area contributed by atoms with Crippen molar-refractivity contribution in [3.63, 3.8) is 0 Å². The van der Waals surface area contributed by atoms with Crippen LogP contribution in [0.5, 0.6) is 0 Å². The van der Waals surface area contributed by atoms with Gasteiger partial charge in [0.2, 0.25) is 0 Å².